The summed E-state index contributed by atoms with van der Waals surface area (Å²) in [6.07, 6.45) is 5.63. The molecule has 2 aromatic rings. The SMILES string of the molecule is CN(c1ccc(-c2ccc(C3=CN=CCN3)cc2O)nn1)C1CC(C)(C)NC(C)(C)C1. The molecule has 1 fully saturated rings. The lowest BCUT2D eigenvalue weighted by atomic mass is 9.79. The van der Waals surface area contributed by atoms with Crippen molar-refractivity contribution >= 4 is 17.7 Å². The largest absolute Gasteiger partial charge is 0.507 e. The van der Waals surface area contributed by atoms with Crippen LogP contribution in [-0.2, 0) is 0 Å². The van der Waals surface area contributed by atoms with Gasteiger partial charge in [-0.15, -0.1) is 10.2 Å². The van der Waals surface area contributed by atoms with Gasteiger partial charge in [-0.1, -0.05) is 6.07 Å². The highest BCUT2D eigenvalue weighted by Crippen LogP contribution is 2.34. The molecule has 0 atom stereocenters. The summed E-state index contributed by atoms with van der Waals surface area (Å²) in [6, 6.07) is 9.84. The van der Waals surface area contributed by atoms with Crippen molar-refractivity contribution in [2.45, 2.75) is 57.7 Å². The van der Waals surface area contributed by atoms with Crippen molar-refractivity contribution in [2.75, 3.05) is 18.5 Å². The number of hydrogen-bond acceptors (Lipinski definition) is 7. The normalized spacial score (nSPS) is 20.1. The molecule has 0 aliphatic carbocycles. The summed E-state index contributed by atoms with van der Waals surface area (Å²) in [5.41, 5.74) is 3.22. The van der Waals surface area contributed by atoms with E-state index in [0.29, 0.717) is 23.8 Å². The highest BCUT2D eigenvalue weighted by Gasteiger charge is 2.39. The van der Waals surface area contributed by atoms with E-state index in [1.54, 1.807) is 18.5 Å². The second-order valence-electron chi connectivity index (χ2n) is 9.83. The zero-order valence-corrected chi connectivity index (χ0v) is 19.0. The van der Waals surface area contributed by atoms with Gasteiger partial charge in [-0.3, -0.25) is 4.99 Å². The molecule has 0 bridgehead atoms. The summed E-state index contributed by atoms with van der Waals surface area (Å²) in [5, 5.41) is 26.5. The first kappa shape index (κ1) is 21.3. The minimum atomic E-state index is 0.0650. The van der Waals surface area contributed by atoms with Gasteiger partial charge < -0.3 is 20.6 Å². The van der Waals surface area contributed by atoms with Gasteiger partial charge in [0.25, 0.3) is 0 Å². The fourth-order valence-electron chi connectivity index (χ4n) is 4.86. The molecule has 4 rings (SSSR count). The number of piperidine rings is 1. The summed E-state index contributed by atoms with van der Waals surface area (Å²) >= 11 is 0. The van der Waals surface area contributed by atoms with E-state index in [1.807, 2.05) is 24.3 Å². The van der Waals surface area contributed by atoms with Crippen LogP contribution in [0.5, 0.6) is 5.75 Å². The zero-order valence-electron chi connectivity index (χ0n) is 19.0. The molecule has 31 heavy (non-hydrogen) atoms. The number of benzene rings is 1. The van der Waals surface area contributed by atoms with Crippen LogP contribution in [-0.4, -0.2) is 52.2 Å². The number of aromatic nitrogens is 2. The number of aromatic hydroxyl groups is 1. The Morgan fingerprint density at radius 3 is 2.35 bits per heavy atom. The maximum Gasteiger partial charge on any atom is 0.151 e. The average molecular weight is 421 g/mol. The minimum absolute atomic E-state index is 0.0650. The Labute approximate surface area is 184 Å². The molecule has 0 saturated carbocycles. The van der Waals surface area contributed by atoms with Crippen LogP contribution in [0.25, 0.3) is 17.0 Å². The molecule has 164 valence electrons. The Balaban J connectivity index is 1.53. The average Bonchev–Trinajstić information content (AvgIpc) is 2.72. The molecular weight excluding hydrogens is 388 g/mol. The van der Waals surface area contributed by atoms with Crippen molar-refractivity contribution in [2.24, 2.45) is 4.99 Å². The van der Waals surface area contributed by atoms with Crippen LogP contribution >= 0.6 is 0 Å². The molecule has 3 heterocycles. The van der Waals surface area contributed by atoms with Crippen molar-refractivity contribution in [3.8, 4) is 17.0 Å². The highest BCUT2D eigenvalue weighted by molar-refractivity contribution is 5.77. The van der Waals surface area contributed by atoms with Gasteiger partial charge in [0.05, 0.1) is 24.1 Å². The van der Waals surface area contributed by atoms with E-state index >= 15 is 0 Å². The zero-order chi connectivity index (χ0) is 22.2. The Morgan fingerprint density at radius 1 is 1.03 bits per heavy atom. The molecular formula is C24H32N6O. The molecule has 1 aromatic carbocycles. The molecule has 0 unspecified atom stereocenters. The third-order valence-electron chi connectivity index (χ3n) is 6.01. The quantitative estimate of drug-likeness (QED) is 0.701. The van der Waals surface area contributed by atoms with E-state index < -0.39 is 0 Å². The van der Waals surface area contributed by atoms with Gasteiger partial charge in [0.15, 0.2) is 5.82 Å². The van der Waals surface area contributed by atoms with Crippen LogP contribution in [0.2, 0.25) is 0 Å². The number of rotatable bonds is 4. The Kier molecular flexibility index (Phi) is 5.47. The first-order valence-corrected chi connectivity index (χ1v) is 10.8. The topological polar surface area (TPSA) is 85.7 Å². The van der Waals surface area contributed by atoms with Crippen LogP contribution in [0, 0.1) is 0 Å². The Hall–Kier alpha value is -2.93. The molecule has 7 nitrogen and oxygen atoms in total. The predicted octanol–water partition coefficient (Wildman–Crippen LogP) is 3.57. The maximum absolute atomic E-state index is 10.6. The van der Waals surface area contributed by atoms with Crippen molar-refractivity contribution in [3.05, 3.63) is 42.1 Å². The monoisotopic (exact) mass is 420 g/mol. The van der Waals surface area contributed by atoms with E-state index in [9.17, 15) is 5.11 Å². The first-order valence-electron chi connectivity index (χ1n) is 10.8. The second-order valence-corrected chi connectivity index (χ2v) is 9.83. The lowest BCUT2D eigenvalue weighted by molar-refractivity contribution is 0.160. The fourth-order valence-corrected chi connectivity index (χ4v) is 4.86. The summed E-state index contributed by atoms with van der Waals surface area (Å²) in [4.78, 5) is 6.39. The standard InChI is InChI=1S/C24H32N6O/c1-23(2)13-17(14-24(3,4)29-23)30(5)22-9-8-19(27-28-22)18-7-6-16(12-21(18)31)20-15-25-10-11-26-20/h6-10,12,15,17,26,29,31H,11,13-14H2,1-5H3. The molecule has 0 amide bonds. The molecule has 2 aliphatic heterocycles. The number of aliphatic imine (C=N–C) groups is 1. The van der Waals surface area contributed by atoms with Crippen LogP contribution in [0.4, 0.5) is 5.82 Å². The summed E-state index contributed by atoms with van der Waals surface area (Å²) in [6.45, 7) is 9.69. The van der Waals surface area contributed by atoms with Crippen LogP contribution < -0.4 is 15.5 Å². The van der Waals surface area contributed by atoms with E-state index in [2.05, 4.69) is 65.5 Å². The Morgan fingerprint density at radius 2 is 1.77 bits per heavy atom. The first-order chi connectivity index (χ1) is 14.6. The summed E-state index contributed by atoms with van der Waals surface area (Å²) in [5.74, 6) is 1.01. The van der Waals surface area contributed by atoms with E-state index in [-0.39, 0.29) is 16.8 Å². The van der Waals surface area contributed by atoms with E-state index in [1.165, 1.54) is 0 Å². The number of anilines is 1. The van der Waals surface area contributed by atoms with Gasteiger partial charge in [0.2, 0.25) is 0 Å². The van der Waals surface area contributed by atoms with Crippen molar-refractivity contribution < 1.29 is 5.11 Å². The molecule has 3 N–H and O–H groups in total. The molecule has 2 aliphatic rings. The lowest BCUT2D eigenvalue weighted by Crippen LogP contribution is -2.62. The highest BCUT2D eigenvalue weighted by atomic mass is 16.3. The summed E-state index contributed by atoms with van der Waals surface area (Å²) < 4.78 is 0. The predicted molar refractivity (Wildman–Crippen MR) is 126 cm³/mol. The molecule has 1 aromatic heterocycles. The van der Waals surface area contributed by atoms with Gasteiger partial charge in [0.1, 0.15) is 5.75 Å². The molecule has 1 saturated heterocycles. The third-order valence-corrected chi connectivity index (χ3v) is 6.01. The van der Waals surface area contributed by atoms with Gasteiger partial charge in [-0.05, 0) is 64.8 Å². The van der Waals surface area contributed by atoms with Gasteiger partial charge in [-0.2, -0.15) is 0 Å². The van der Waals surface area contributed by atoms with E-state index in [0.717, 1.165) is 29.9 Å². The van der Waals surface area contributed by atoms with Crippen molar-refractivity contribution in [1.29, 1.82) is 0 Å². The fraction of sp³-hybridized carbons (Fsp3) is 0.458. The minimum Gasteiger partial charge on any atom is -0.507 e. The molecule has 0 radical (unpaired) electrons. The third kappa shape index (κ3) is 4.71. The van der Waals surface area contributed by atoms with Crippen LogP contribution in [0.15, 0.2) is 41.5 Å². The van der Waals surface area contributed by atoms with Gasteiger partial charge in [-0.25, -0.2) is 0 Å². The summed E-state index contributed by atoms with van der Waals surface area (Å²) in [7, 11) is 2.09. The van der Waals surface area contributed by atoms with Crippen molar-refractivity contribution in [1.82, 2.24) is 20.8 Å². The number of phenols is 1. The van der Waals surface area contributed by atoms with Crippen molar-refractivity contribution in [3.63, 3.8) is 0 Å². The lowest BCUT2D eigenvalue weighted by Gasteiger charge is -2.49. The van der Waals surface area contributed by atoms with Crippen LogP contribution in [0.3, 0.4) is 0 Å². The number of phenolic OH excluding ortho intramolecular Hbond substituents is 1. The number of nitrogens with zero attached hydrogens (tertiary/aromatic N) is 4. The van der Waals surface area contributed by atoms with Gasteiger partial charge in [0, 0.05) is 41.5 Å². The molecule has 0 spiro atoms. The smallest absolute Gasteiger partial charge is 0.151 e. The van der Waals surface area contributed by atoms with E-state index in [4.69, 9.17) is 0 Å². The number of hydrogen-bond donors (Lipinski definition) is 3. The second kappa shape index (κ2) is 7.96. The number of nitrogens with one attached hydrogen (secondary N) is 2. The van der Waals surface area contributed by atoms with Gasteiger partial charge >= 0.3 is 0 Å². The molecule has 7 heteroatoms. The van der Waals surface area contributed by atoms with Crippen LogP contribution in [0.1, 0.15) is 46.1 Å². The Bertz CT molecular complexity index is 993. The maximum atomic E-state index is 10.6.